The van der Waals surface area contributed by atoms with Gasteiger partial charge in [0.05, 0.1) is 12.1 Å². The molecule has 0 bridgehead atoms. The fourth-order valence-electron chi connectivity index (χ4n) is 1.76. The summed E-state index contributed by atoms with van der Waals surface area (Å²) in [5.74, 6) is 0.729. The molecule has 0 saturated heterocycles. The van der Waals surface area contributed by atoms with Crippen molar-refractivity contribution in [2.45, 2.75) is 12.8 Å². The molecule has 0 aromatic carbocycles. The van der Waals surface area contributed by atoms with Crippen molar-refractivity contribution >= 4 is 0 Å². The molecule has 0 aromatic rings. The molecule has 0 amide bonds. The number of fused-ring (bicyclic) bond motifs is 1. The van der Waals surface area contributed by atoms with Gasteiger partial charge in [-0.1, -0.05) is 12.2 Å². The number of nitriles is 2. The van der Waals surface area contributed by atoms with Crippen molar-refractivity contribution in [2.75, 3.05) is 0 Å². The van der Waals surface area contributed by atoms with E-state index >= 15 is 0 Å². The van der Waals surface area contributed by atoms with E-state index in [1.807, 2.05) is 12.2 Å². The van der Waals surface area contributed by atoms with Gasteiger partial charge in [-0.2, -0.15) is 10.5 Å². The van der Waals surface area contributed by atoms with E-state index in [2.05, 4.69) is 12.1 Å². The first-order valence-electron chi connectivity index (χ1n) is 4.07. The largest absolute Gasteiger partial charge is 0.193 e. The molecule has 2 atom stereocenters. The molecule has 58 valence electrons. The van der Waals surface area contributed by atoms with Gasteiger partial charge in [0.25, 0.3) is 0 Å². The smallest absolute Gasteiger partial charge is 0.0947 e. The third-order valence-corrected chi connectivity index (χ3v) is 2.52. The van der Waals surface area contributed by atoms with Crippen molar-refractivity contribution in [1.82, 2.24) is 0 Å². The Morgan fingerprint density at radius 1 is 1.08 bits per heavy atom. The molecule has 0 heterocycles. The van der Waals surface area contributed by atoms with Gasteiger partial charge >= 0.3 is 0 Å². The molecule has 2 unspecified atom stereocenters. The van der Waals surface area contributed by atoms with Gasteiger partial charge in [-0.05, 0) is 12.8 Å². The highest BCUT2D eigenvalue weighted by atomic mass is 14.5. The first kappa shape index (κ1) is 7.13. The summed E-state index contributed by atoms with van der Waals surface area (Å²) in [6, 6.07) is 4.40. The minimum atomic E-state index is 0.364. The van der Waals surface area contributed by atoms with E-state index in [-0.39, 0.29) is 0 Å². The second-order valence-electron chi connectivity index (χ2n) is 3.23. The Labute approximate surface area is 71.4 Å². The van der Waals surface area contributed by atoms with Gasteiger partial charge in [-0.3, -0.25) is 0 Å². The Morgan fingerprint density at radius 2 is 1.58 bits per heavy atom. The lowest BCUT2D eigenvalue weighted by Gasteiger charge is -1.90. The standard InChI is InChI=1S/C10H8N2/c11-5-7-2-1-3-8(6-12)10-4-9(7)10/h2-3,9-10H,1,4H2. The zero-order chi connectivity index (χ0) is 8.55. The summed E-state index contributed by atoms with van der Waals surface area (Å²) in [4.78, 5) is 0. The topological polar surface area (TPSA) is 47.6 Å². The number of allylic oxidation sites excluding steroid dienone is 4. The van der Waals surface area contributed by atoms with E-state index in [4.69, 9.17) is 10.5 Å². The van der Waals surface area contributed by atoms with Gasteiger partial charge in [-0.15, -0.1) is 0 Å². The van der Waals surface area contributed by atoms with Gasteiger partial charge in [0.1, 0.15) is 0 Å². The first-order valence-corrected chi connectivity index (χ1v) is 4.07. The van der Waals surface area contributed by atoms with Crippen molar-refractivity contribution in [3.05, 3.63) is 23.3 Å². The van der Waals surface area contributed by atoms with E-state index in [0.717, 1.165) is 24.0 Å². The Morgan fingerprint density at radius 3 is 2.00 bits per heavy atom. The number of hydrogen-bond acceptors (Lipinski definition) is 2. The van der Waals surface area contributed by atoms with Crippen molar-refractivity contribution in [2.24, 2.45) is 11.8 Å². The molecule has 0 N–H and O–H groups in total. The molecule has 0 spiro atoms. The van der Waals surface area contributed by atoms with Crippen LogP contribution in [0.2, 0.25) is 0 Å². The Bertz CT molecular complexity index is 315. The summed E-state index contributed by atoms with van der Waals surface area (Å²) >= 11 is 0. The summed E-state index contributed by atoms with van der Waals surface area (Å²) in [6.45, 7) is 0. The molecule has 12 heavy (non-hydrogen) atoms. The second-order valence-corrected chi connectivity index (χ2v) is 3.23. The average molecular weight is 156 g/mol. The Hall–Kier alpha value is -1.54. The monoisotopic (exact) mass is 156 g/mol. The summed E-state index contributed by atoms with van der Waals surface area (Å²) in [6.07, 6.45) is 5.63. The van der Waals surface area contributed by atoms with Gasteiger partial charge in [0, 0.05) is 23.0 Å². The lowest BCUT2D eigenvalue weighted by Crippen LogP contribution is -1.86. The second kappa shape index (κ2) is 2.50. The summed E-state index contributed by atoms with van der Waals surface area (Å²) in [5, 5.41) is 17.5. The van der Waals surface area contributed by atoms with Gasteiger partial charge < -0.3 is 0 Å². The minimum Gasteiger partial charge on any atom is -0.193 e. The molecule has 1 saturated carbocycles. The number of rotatable bonds is 0. The fourth-order valence-corrected chi connectivity index (χ4v) is 1.76. The van der Waals surface area contributed by atoms with E-state index in [1.165, 1.54) is 0 Å². The zero-order valence-corrected chi connectivity index (χ0v) is 6.62. The molecule has 0 radical (unpaired) electrons. The van der Waals surface area contributed by atoms with Crippen LogP contribution in [0.15, 0.2) is 23.3 Å². The number of hydrogen-bond donors (Lipinski definition) is 0. The SMILES string of the molecule is N#CC1=CCC=C(C#N)C2CC12. The van der Waals surface area contributed by atoms with Crippen LogP contribution in [0.1, 0.15) is 12.8 Å². The first-order chi connectivity index (χ1) is 5.86. The maximum atomic E-state index is 8.75. The third kappa shape index (κ3) is 0.933. The van der Waals surface area contributed by atoms with Crippen LogP contribution in [0.3, 0.4) is 0 Å². The molecule has 2 rings (SSSR count). The Kier molecular flexibility index (Phi) is 1.48. The fraction of sp³-hybridized carbons (Fsp3) is 0.400. The van der Waals surface area contributed by atoms with Crippen LogP contribution in [-0.2, 0) is 0 Å². The third-order valence-electron chi connectivity index (χ3n) is 2.52. The molecule has 1 fully saturated rings. The van der Waals surface area contributed by atoms with E-state index in [1.54, 1.807) is 0 Å². The van der Waals surface area contributed by atoms with Gasteiger partial charge in [0.2, 0.25) is 0 Å². The van der Waals surface area contributed by atoms with Crippen molar-refractivity contribution in [1.29, 1.82) is 10.5 Å². The van der Waals surface area contributed by atoms with Crippen LogP contribution in [0, 0.1) is 34.5 Å². The van der Waals surface area contributed by atoms with Crippen LogP contribution < -0.4 is 0 Å². The van der Waals surface area contributed by atoms with Crippen molar-refractivity contribution in [3.63, 3.8) is 0 Å². The molecule has 0 aliphatic heterocycles. The molecule has 2 aliphatic rings. The Balaban J connectivity index is 2.26. The van der Waals surface area contributed by atoms with Crippen LogP contribution >= 0.6 is 0 Å². The van der Waals surface area contributed by atoms with Gasteiger partial charge in [0.15, 0.2) is 0 Å². The van der Waals surface area contributed by atoms with Crippen LogP contribution in [0.4, 0.5) is 0 Å². The molecule has 2 aliphatic carbocycles. The number of nitrogens with zero attached hydrogens (tertiary/aromatic N) is 2. The molecule has 2 nitrogen and oxygen atoms in total. The van der Waals surface area contributed by atoms with Crippen molar-refractivity contribution in [3.8, 4) is 12.1 Å². The van der Waals surface area contributed by atoms with Gasteiger partial charge in [-0.25, -0.2) is 0 Å². The highest BCUT2D eigenvalue weighted by Gasteiger charge is 2.43. The van der Waals surface area contributed by atoms with Crippen LogP contribution in [-0.4, -0.2) is 0 Å². The summed E-state index contributed by atoms with van der Waals surface area (Å²) in [5.41, 5.74) is 1.75. The van der Waals surface area contributed by atoms with E-state index in [0.29, 0.717) is 11.8 Å². The molecular formula is C10H8N2. The van der Waals surface area contributed by atoms with E-state index in [9.17, 15) is 0 Å². The normalized spacial score (nSPS) is 31.5. The van der Waals surface area contributed by atoms with Crippen LogP contribution in [0.5, 0.6) is 0 Å². The van der Waals surface area contributed by atoms with Crippen molar-refractivity contribution < 1.29 is 0 Å². The lowest BCUT2D eigenvalue weighted by molar-refractivity contribution is 0.932. The quantitative estimate of drug-likeness (QED) is 0.538. The lowest BCUT2D eigenvalue weighted by atomic mass is 10.1. The predicted molar refractivity (Wildman–Crippen MR) is 43.6 cm³/mol. The van der Waals surface area contributed by atoms with Crippen LogP contribution in [0.25, 0.3) is 0 Å². The molecule has 0 aromatic heterocycles. The summed E-state index contributed by atoms with van der Waals surface area (Å²) in [7, 11) is 0. The molecule has 2 heteroatoms. The maximum Gasteiger partial charge on any atom is 0.0947 e. The maximum absolute atomic E-state index is 8.75. The highest BCUT2D eigenvalue weighted by Crippen LogP contribution is 2.49. The summed E-state index contributed by atoms with van der Waals surface area (Å²) < 4.78 is 0. The molecular weight excluding hydrogens is 148 g/mol. The average Bonchev–Trinajstić information content (AvgIpc) is 2.82. The highest BCUT2D eigenvalue weighted by molar-refractivity contribution is 5.41. The minimum absolute atomic E-state index is 0.364. The predicted octanol–water partition coefficient (Wildman–Crippen LogP) is 1.93. The zero-order valence-electron chi connectivity index (χ0n) is 6.62. The van der Waals surface area contributed by atoms with E-state index < -0.39 is 0 Å².